The van der Waals surface area contributed by atoms with Gasteiger partial charge in [0.15, 0.2) is 5.11 Å². The molecule has 0 saturated carbocycles. The molecule has 7 nitrogen and oxygen atoms in total. The molecule has 1 aliphatic rings. The molecule has 1 N–H and O–H groups in total. The van der Waals surface area contributed by atoms with Crippen LogP contribution in [0.3, 0.4) is 0 Å². The van der Waals surface area contributed by atoms with Gasteiger partial charge in [0.1, 0.15) is 6.04 Å². The van der Waals surface area contributed by atoms with Crippen LogP contribution in [0.15, 0.2) is 73.1 Å². The molecular weight excluding hydrogens is 561 g/mol. The molecule has 1 aliphatic heterocycles. The molecule has 1 atom stereocenters. The van der Waals surface area contributed by atoms with E-state index in [0.29, 0.717) is 17.3 Å². The maximum absolute atomic E-state index is 13.6. The highest BCUT2D eigenvalue weighted by atomic mass is 127. The fraction of sp³-hybridized carbons (Fsp3) is 0.200. The Morgan fingerprint density at radius 2 is 1.76 bits per heavy atom. The molecule has 1 fully saturated rings. The number of halogens is 1. The minimum absolute atomic E-state index is 0.0126. The quantitative estimate of drug-likeness (QED) is 0.330. The van der Waals surface area contributed by atoms with Gasteiger partial charge in [-0.15, -0.1) is 0 Å². The lowest BCUT2D eigenvalue weighted by molar-refractivity contribution is -0.124. The largest absolute Gasteiger partial charge is 0.378 e. The number of carbonyl (C=O) groups is 2. The van der Waals surface area contributed by atoms with Gasteiger partial charge in [0.2, 0.25) is 5.91 Å². The molecule has 1 aromatic heterocycles. The van der Waals surface area contributed by atoms with Crippen LogP contribution in [0.2, 0.25) is 0 Å². The van der Waals surface area contributed by atoms with Gasteiger partial charge in [-0.3, -0.25) is 19.5 Å². The summed E-state index contributed by atoms with van der Waals surface area (Å²) >= 11 is 7.93. The molecule has 174 valence electrons. The summed E-state index contributed by atoms with van der Waals surface area (Å²) in [5.74, 6) is -0.454. The standard InChI is InChI=1S/C25H24IN5O2S/c1-29(2)18-7-9-19(10-8-18)31-24(33)22(15-23(32)28-21-6-4-3-5-20(21)26)30(25(31)34)16-17-11-13-27-14-12-17/h3-14,22H,15-16H2,1-2H3,(H,28,32). The van der Waals surface area contributed by atoms with Crippen LogP contribution >= 0.6 is 34.8 Å². The van der Waals surface area contributed by atoms with Crippen LogP contribution in [0.5, 0.6) is 0 Å². The van der Waals surface area contributed by atoms with Crippen LogP contribution < -0.4 is 15.1 Å². The molecule has 0 radical (unpaired) electrons. The van der Waals surface area contributed by atoms with Crippen molar-refractivity contribution >= 4 is 68.8 Å². The molecule has 1 unspecified atom stereocenters. The highest BCUT2D eigenvalue weighted by Crippen LogP contribution is 2.30. The zero-order valence-corrected chi connectivity index (χ0v) is 21.8. The monoisotopic (exact) mass is 585 g/mol. The minimum Gasteiger partial charge on any atom is -0.378 e. The molecule has 2 amide bonds. The number of amides is 2. The summed E-state index contributed by atoms with van der Waals surface area (Å²) in [6, 6.07) is 18.2. The Bertz CT molecular complexity index is 1200. The van der Waals surface area contributed by atoms with Gasteiger partial charge in [0.05, 0.1) is 17.8 Å². The van der Waals surface area contributed by atoms with Gasteiger partial charge in [-0.05, 0) is 88.9 Å². The van der Waals surface area contributed by atoms with E-state index in [2.05, 4.69) is 32.9 Å². The fourth-order valence-corrected chi connectivity index (χ4v) is 4.68. The third-order valence-electron chi connectivity index (χ3n) is 5.57. The molecule has 34 heavy (non-hydrogen) atoms. The van der Waals surface area contributed by atoms with Crippen molar-refractivity contribution in [3.8, 4) is 0 Å². The van der Waals surface area contributed by atoms with E-state index < -0.39 is 6.04 Å². The first kappa shape index (κ1) is 24.1. The van der Waals surface area contributed by atoms with Crippen molar-refractivity contribution in [3.63, 3.8) is 0 Å². The highest BCUT2D eigenvalue weighted by molar-refractivity contribution is 14.1. The Kier molecular flexibility index (Phi) is 7.42. The van der Waals surface area contributed by atoms with Gasteiger partial charge < -0.3 is 15.1 Å². The van der Waals surface area contributed by atoms with Gasteiger partial charge >= 0.3 is 0 Å². The Labute approximate surface area is 217 Å². The lowest BCUT2D eigenvalue weighted by atomic mass is 10.1. The van der Waals surface area contributed by atoms with E-state index in [4.69, 9.17) is 12.2 Å². The van der Waals surface area contributed by atoms with Crippen LogP contribution in [0.1, 0.15) is 12.0 Å². The molecule has 2 heterocycles. The number of carbonyl (C=O) groups excluding carboxylic acids is 2. The third-order valence-corrected chi connectivity index (χ3v) is 6.93. The van der Waals surface area contributed by atoms with Crippen molar-refractivity contribution in [1.29, 1.82) is 0 Å². The summed E-state index contributed by atoms with van der Waals surface area (Å²) in [4.78, 5) is 35.9. The normalized spacial score (nSPS) is 15.6. The zero-order valence-electron chi connectivity index (χ0n) is 18.8. The maximum Gasteiger partial charge on any atom is 0.256 e. The average Bonchev–Trinajstić information content (AvgIpc) is 3.05. The van der Waals surface area contributed by atoms with Gasteiger partial charge in [0, 0.05) is 42.3 Å². The second kappa shape index (κ2) is 10.5. The third kappa shape index (κ3) is 5.20. The van der Waals surface area contributed by atoms with Crippen molar-refractivity contribution in [2.24, 2.45) is 0 Å². The number of hydrogen-bond acceptors (Lipinski definition) is 5. The Balaban J connectivity index is 1.61. The molecule has 3 aromatic rings. The summed E-state index contributed by atoms with van der Waals surface area (Å²) in [6.45, 7) is 0.403. The lowest BCUT2D eigenvalue weighted by Crippen LogP contribution is -2.37. The SMILES string of the molecule is CN(C)c1ccc(N2C(=O)C(CC(=O)Nc3ccccc3I)N(Cc3ccncc3)C2=S)cc1. The van der Waals surface area contributed by atoms with E-state index in [-0.39, 0.29) is 18.2 Å². The lowest BCUT2D eigenvalue weighted by Gasteiger charge is -2.24. The van der Waals surface area contributed by atoms with Crippen LogP contribution in [0.4, 0.5) is 17.1 Å². The van der Waals surface area contributed by atoms with Crippen molar-refractivity contribution in [2.45, 2.75) is 19.0 Å². The number of nitrogens with zero attached hydrogens (tertiary/aromatic N) is 4. The van der Waals surface area contributed by atoms with Crippen molar-refractivity contribution in [1.82, 2.24) is 9.88 Å². The topological polar surface area (TPSA) is 68.8 Å². The molecular formula is C25H24IN5O2S. The molecule has 9 heteroatoms. The number of aromatic nitrogens is 1. The van der Waals surface area contributed by atoms with Crippen molar-refractivity contribution in [2.75, 3.05) is 29.2 Å². The van der Waals surface area contributed by atoms with E-state index in [1.165, 1.54) is 4.90 Å². The predicted molar refractivity (Wildman–Crippen MR) is 147 cm³/mol. The first-order valence-corrected chi connectivity index (χ1v) is 12.2. The van der Waals surface area contributed by atoms with Crippen LogP contribution in [-0.4, -0.2) is 46.9 Å². The molecule has 0 bridgehead atoms. The van der Waals surface area contributed by atoms with E-state index in [0.717, 1.165) is 20.5 Å². The van der Waals surface area contributed by atoms with Gasteiger partial charge in [-0.2, -0.15) is 0 Å². The fourth-order valence-electron chi connectivity index (χ4n) is 3.78. The second-order valence-corrected chi connectivity index (χ2v) is 9.63. The first-order valence-electron chi connectivity index (χ1n) is 10.7. The van der Waals surface area contributed by atoms with Gasteiger partial charge in [-0.25, -0.2) is 0 Å². The van der Waals surface area contributed by atoms with Gasteiger partial charge in [0.25, 0.3) is 5.91 Å². The number of hydrogen-bond donors (Lipinski definition) is 1. The number of nitrogens with one attached hydrogen (secondary N) is 1. The molecule has 0 spiro atoms. The van der Waals surface area contributed by atoms with Crippen LogP contribution in [0.25, 0.3) is 0 Å². The summed E-state index contributed by atoms with van der Waals surface area (Å²) in [6.07, 6.45) is 3.39. The highest BCUT2D eigenvalue weighted by Gasteiger charge is 2.44. The number of para-hydroxylation sites is 1. The summed E-state index contributed by atoms with van der Waals surface area (Å²) in [7, 11) is 3.92. The number of rotatable bonds is 7. The van der Waals surface area contributed by atoms with Gasteiger partial charge in [-0.1, -0.05) is 12.1 Å². The van der Waals surface area contributed by atoms with Crippen LogP contribution in [0, 0.1) is 3.57 Å². The van der Waals surface area contributed by atoms with Crippen LogP contribution in [-0.2, 0) is 16.1 Å². The number of benzene rings is 2. The van der Waals surface area contributed by atoms with E-state index >= 15 is 0 Å². The first-order chi connectivity index (χ1) is 16.3. The van der Waals surface area contributed by atoms with Crippen molar-refractivity contribution in [3.05, 3.63) is 82.2 Å². The summed E-state index contributed by atoms with van der Waals surface area (Å²) < 4.78 is 0.929. The minimum atomic E-state index is -0.712. The maximum atomic E-state index is 13.6. The Morgan fingerprint density at radius 1 is 1.09 bits per heavy atom. The summed E-state index contributed by atoms with van der Waals surface area (Å²) in [5.41, 5.74) is 3.38. The average molecular weight is 585 g/mol. The summed E-state index contributed by atoms with van der Waals surface area (Å²) in [5, 5.41) is 3.31. The molecule has 2 aromatic carbocycles. The molecule has 4 rings (SSSR count). The second-order valence-electron chi connectivity index (χ2n) is 8.10. The number of pyridine rings is 1. The van der Waals surface area contributed by atoms with E-state index in [9.17, 15) is 9.59 Å². The van der Waals surface area contributed by atoms with E-state index in [1.807, 2.05) is 84.6 Å². The predicted octanol–water partition coefficient (Wildman–Crippen LogP) is 4.28. The van der Waals surface area contributed by atoms with Crippen molar-refractivity contribution < 1.29 is 9.59 Å². The Morgan fingerprint density at radius 3 is 2.41 bits per heavy atom. The smallest absolute Gasteiger partial charge is 0.256 e. The zero-order chi connectivity index (χ0) is 24.2. The van der Waals surface area contributed by atoms with E-state index in [1.54, 1.807) is 12.4 Å². The number of thiocarbonyl (C=S) groups is 1. The Hall–Kier alpha value is -3.05. The number of anilines is 3. The molecule has 0 aliphatic carbocycles. The molecule has 1 saturated heterocycles.